The summed E-state index contributed by atoms with van der Waals surface area (Å²) in [7, 11) is 0. The molecule has 40 heavy (non-hydrogen) atoms. The van der Waals surface area contributed by atoms with E-state index >= 15 is 0 Å². The third-order valence-corrected chi connectivity index (χ3v) is 7.26. The van der Waals surface area contributed by atoms with Crippen molar-refractivity contribution in [1.29, 1.82) is 0 Å². The summed E-state index contributed by atoms with van der Waals surface area (Å²) in [5.74, 6) is -0.742. The second-order valence-electron chi connectivity index (χ2n) is 9.74. The minimum absolute atomic E-state index is 0.0249. The second kappa shape index (κ2) is 13.7. The summed E-state index contributed by atoms with van der Waals surface area (Å²) >= 11 is 6.22. The number of alkyl halides is 2. The molecule has 0 aliphatic heterocycles. The van der Waals surface area contributed by atoms with E-state index in [0.29, 0.717) is 10.6 Å². The van der Waals surface area contributed by atoms with Gasteiger partial charge in [-0.2, -0.15) is 8.78 Å². The number of carbonyl (C=O) groups is 1. The van der Waals surface area contributed by atoms with Crippen LogP contribution in [0.1, 0.15) is 66.5 Å². The van der Waals surface area contributed by atoms with Gasteiger partial charge in [-0.25, -0.2) is 0 Å². The van der Waals surface area contributed by atoms with Crippen LogP contribution >= 0.6 is 11.6 Å². The molecule has 4 rings (SSSR count). The number of carboxylic acid groups (broad SMARTS) is 1. The van der Waals surface area contributed by atoms with Gasteiger partial charge in [0.1, 0.15) is 12.0 Å². The SMILES string of the molecule is CCCC(c1ccc(C(O)NCCC(=O)O)cc1)C(c1ccc(Cl)cc1)c1ccc2cc(OC(F)F)ccc2c1. The average Bonchev–Trinajstić information content (AvgIpc) is 2.93. The van der Waals surface area contributed by atoms with E-state index in [1.165, 1.54) is 0 Å². The summed E-state index contributed by atoms with van der Waals surface area (Å²) in [6, 6.07) is 26.6. The molecule has 0 saturated heterocycles. The number of aliphatic hydroxyl groups excluding tert-OH is 1. The van der Waals surface area contributed by atoms with Gasteiger partial charge in [-0.1, -0.05) is 85.6 Å². The summed E-state index contributed by atoms with van der Waals surface area (Å²) in [6.07, 6.45) is 0.788. The Morgan fingerprint density at radius 3 is 2.12 bits per heavy atom. The zero-order valence-corrected chi connectivity index (χ0v) is 22.8. The highest BCUT2D eigenvalue weighted by atomic mass is 35.5. The van der Waals surface area contributed by atoms with Crippen molar-refractivity contribution in [3.05, 3.63) is 112 Å². The van der Waals surface area contributed by atoms with Crippen LogP contribution in [0.15, 0.2) is 84.9 Å². The molecule has 0 heterocycles. The summed E-state index contributed by atoms with van der Waals surface area (Å²) in [5, 5.41) is 24.5. The first kappa shape index (κ1) is 29.5. The molecule has 5 nitrogen and oxygen atoms in total. The van der Waals surface area contributed by atoms with Crippen LogP contribution in [0.2, 0.25) is 5.02 Å². The van der Waals surface area contributed by atoms with Crippen LogP contribution in [0.5, 0.6) is 5.75 Å². The number of hydrogen-bond donors (Lipinski definition) is 3. The van der Waals surface area contributed by atoms with Crippen molar-refractivity contribution in [2.24, 2.45) is 0 Å². The average molecular weight is 568 g/mol. The maximum Gasteiger partial charge on any atom is 0.387 e. The molecule has 3 atom stereocenters. The molecule has 0 aliphatic carbocycles. The molecular formula is C32H32ClF2NO4. The molecule has 4 aromatic rings. The summed E-state index contributed by atoms with van der Waals surface area (Å²) in [6.45, 7) is -0.581. The molecule has 0 spiro atoms. The standard InChI is InChI=1S/C32H32ClF2NO4/c1-2-3-28(20-4-6-22(7-5-20)31(39)36-17-16-29(37)38)30(21-10-13-26(33)14-11-21)25-9-8-24-19-27(40-32(34)35)15-12-23(24)18-25/h4-15,18-19,28,30-32,36,39H,2-3,16-17H2,1H3,(H,37,38). The van der Waals surface area contributed by atoms with E-state index < -0.39 is 18.8 Å². The van der Waals surface area contributed by atoms with Gasteiger partial charge in [0.05, 0.1) is 6.42 Å². The van der Waals surface area contributed by atoms with Crippen LogP contribution < -0.4 is 10.1 Å². The number of rotatable bonds is 13. The van der Waals surface area contributed by atoms with Crippen molar-refractivity contribution in [2.75, 3.05) is 6.54 Å². The molecule has 3 N–H and O–H groups in total. The minimum atomic E-state index is -2.88. The highest BCUT2D eigenvalue weighted by molar-refractivity contribution is 6.30. The molecule has 3 unspecified atom stereocenters. The number of carboxylic acids is 1. The molecule has 0 saturated carbocycles. The highest BCUT2D eigenvalue weighted by Crippen LogP contribution is 2.43. The minimum Gasteiger partial charge on any atom is -0.481 e. The molecule has 0 fully saturated rings. The van der Waals surface area contributed by atoms with Crippen LogP contribution in [-0.4, -0.2) is 29.3 Å². The number of fused-ring (bicyclic) bond motifs is 1. The van der Waals surface area contributed by atoms with E-state index in [0.717, 1.165) is 40.3 Å². The van der Waals surface area contributed by atoms with Crippen LogP contribution in [0.3, 0.4) is 0 Å². The number of hydrogen-bond acceptors (Lipinski definition) is 4. The monoisotopic (exact) mass is 567 g/mol. The predicted octanol–water partition coefficient (Wildman–Crippen LogP) is 7.87. The van der Waals surface area contributed by atoms with Gasteiger partial charge in [0.15, 0.2) is 0 Å². The number of halogens is 3. The number of ether oxygens (including phenoxy) is 1. The van der Waals surface area contributed by atoms with E-state index in [4.69, 9.17) is 16.7 Å². The summed E-state index contributed by atoms with van der Waals surface area (Å²) in [5.41, 5.74) is 3.93. The van der Waals surface area contributed by atoms with Crippen molar-refractivity contribution in [2.45, 2.75) is 50.9 Å². The van der Waals surface area contributed by atoms with Crippen LogP contribution in [0, 0.1) is 0 Å². The van der Waals surface area contributed by atoms with Gasteiger partial charge < -0.3 is 14.9 Å². The fourth-order valence-corrected chi connectivity index (χ4v) is 5.26. The van der Waals surface area contributed by atoms with Gasteiger partial charge in [-0.3, -0.25) is 10.1 Å². The van der Waals surface area contributed by atoms with Crippen molar-refractivity contribution in [3.8, 4) is 5.75 Å². The largest absolute Gasteiger partial charge is 0.481 e. The van der Waals surface area contributed by atoms with Gasteiger partial charge in [0.25, 0.3) is 0 Å². The van der Waals surface area contributed by atoms with E-state index in [-0.39, 0.29) is 30.6 Å². The first-order valence-corrected chi connectivity index (χ1v) is 13.6. The van der Waals surface area contributed by atoms with Gasteiger partial charge in [-0.05, 0) is 69.6 Å². The van der Waals surface area contributed by atoms with Crippen LogP contribution in [0.4, 0.5) is 8.78 Å². The summed E-state index contributed by atoms with van der Waals surface area (Å²) in [4.78, 5) is 10.8. The van der Waals surface area contributed by atoms with Gasteiger partial charge in [0, 0.05) is 17.5 Å². The molecule has 4 aromatic carbocycles. The zero-order valence-electron chi connectivity index (χ0n) is 22.1. The third-order valence-electron chi connectivity index (χ3n) is 7.01. The lowest BCUT2D eigenvalue weighted by molar-refractivity contribution is -0.137. The van der Waals surface area contributed by atoms with Crippen molar-refractivity contribution in [1.82, 2.24) is 5.32 Å². The Morgan fingerprint density at radius 2 is 1.48 bits per heavy atom. The first-order valence-electron chi connectivity index (χ1n) is 13.2. The quantitative estimate of drug-likeness (QED) is 0.143. The lowest BCUT2D eigenvalue weighted by Crippen LogP contribution is -2.23. The van der Waals surface area contributed by atoms with Gasteiger partial charge in [0.2, 0.25) is 0 Å². The Balaban J connectivity index is 1.70. The van der Waals surface area contributed by atoms with Crippen molar-refractivity contribution < 1.29 is 28.5 Å². The van der Waals surface area contributed by atoms with Crippen LogP contribution in [-0.2, 0) is 4.79 Å². The Hall–Kier alpha value is -3.52. The molecule has 8 heteroatoms. The second-order valence-corrected chi connectivity index (χ2v) is 10.2. The van der Waals surface area contributed by atoms with Gasteiger partial charge in [-0.15, -0.1) is 0 Å². The lowest BCUT2D eigenvalue weighted by Gasteiger charge is -2.29. The number of aliphatic hydroxyl groups is 1. The first-order chi connectivity index (χ1) is 19.2. The Kier molecular flexibility index (Phi) is 10.1. The summed E-state index contributed by atoms with van der Waals surface area (Å²) < 4.78 is 30.0. The Labute approximate surface area is 237 Å². The Bertz CT molecular complexity index is 1410. The number of nitrogens with one attached hydrogen (secondary N) is 1. The predicted molar refractivity (Wildman–Crippen MR) is 153 cm³/mol. The van der Waals surface area contributed by atoms with Gasteiger partial charge >= 0.3 is 12.6 Å². The topological polar surface area (TPSA) is 78.8 Å². The normalized spacial score (nSPS) is 13.8. The van der Waals surface area contributed by atoms with E-state index in [1.807, 2.05) is 60.7 Å². The van der Waals surface area contributed by atoms with E-state index in [2.05, 4.69) is 23.0 Å². The lowest BCUT2D eigenvalue weighted by atomic mass is 9.74. The fourth-order valence-electron chi connectivity index (χ4n) is 5.14. The smallest absolute Gasteiger partial charge is 0.387 e. The maximum atomic E-state index is 12.7. The van der Waals surface area contributed by atoms with E-state index in [9.17, 15) is 18.7 Å². The Morgan fingerprint density at radius 1 is 0.875 bits per heavy atom. The zero-order chi connectivity index (χ0) is 28.6. The molecule has 0 radical (unpaired) electrons. The maximum absolute atomic E-state index is 12.7. The fraction of sp³-hybridized carbons (Fsp3) is 0.281. The number of aliphatic carboxylic acids is 1. The van der Waals surface area contributed by atoms with Crippen LogP contribution in [0.25, 0.3) is 10.8 Å². The molecular weight excluding hydrogens is 536 g/mol. The van der Waals surface area contributed by atoms with Crippen molar-refractivity contribution in [3.63, 3.8) is 0 Å². The number of benzene rings is 4. The molecule has 0 amide bonds. The third kappa shape index (κ3) is 7.56. The molecule has 0 aromatic heterocycles. The molecule has 0 bridgehead atoms. The van der Waals surface area contributed by atoms with E-state index in [1.54, 1.807) is 18.2 Å². The molecule has 0 aliphatic rings. The highest BCUT2D eigenvalue weighted by Gasteiger charge is 2.27. The molecule has 210 valence electrons. The van der Waals surface area contributed by atoms with Crippen molar-refractivity contribution >= 4 is 28.3 Å².